The van der Waals surface area contributed by atoms with Crippen LogP contribution in [0.5, 0.6) is 0 Å². The molecular weight excluding hydrogens is 326 g/mol. The van der Waals surface area contributed by atoms with Gasteiger partial charge in [-0.1, -0.05) is 18.2 Å². The molecule has 134 valence electrons. The largest absolute Gasteiger partial charge is 0.338 e. The molecule has 3 heterocycles. The number of rotatable bonds is 6. The van der Waals surface area contributed by atoms with Crippen LogP contribution in [0.15, 0.2) is 61.2 Å². The number of aryl methyl sites for hydroxylation is 1. The molecule has 4 rings (SSSR count). The Morgan fingerprint density at radius 2 is 2.04 bits per heavy atom. The second-order valence-electron chi connectivity index (χ2n) is 6.74. The number of benzene rings is 1. The standard InChI is InChI=1S/C20H23N5O/c26-20(24-13-4-8-19(24)16-23-12-5-11-21-23)10-9-17-14-22-25(15-17)18-6-2-1-3-7-18/h1-3,5-7,11-12,14-15,19H,4,8-10,13,16H2. The molecule has 2 aromatic heterocycles. The molecule has 0 spiro atoms. The van der Waals surface area contributed by atoms with Gasteiger partial charge in [-0.3, -0.25) is 9.48 Å². The van der Waals surface area contributed by atoms with E-state index in [0.29, 0.717) is 6.42 Å². The van der Waals surface area contributed by atoms with Gasteiger partial charge in [-0.25, -0.2) is 4.68 Å². The van der Waals surface area contributed by atoms with Crippen LogP contribution < -0.4 is 0 Å². The molecule has 0 aliphatic carbocycles. The van der Waals surface area contributed by atoms with Gasteiger partial charge in [-0.05, 0) is 43.0 Å². The second kappa shape index (κ2) is 7.56. The van der Waals surface area contributed by atoms with Crippen molar-refractivity contribution < 1.29 is 4.79 Å². The highest BCUT2D eigenvalue weighted by atomic mass is 16.2. The molecule has 6 heteroatoms. The lowest BCUT2D eigenvalue weighted by molar-refractivity contribution is -0.132. The molecule has 0 N–H and O–H groups in total. The van der Waals surface area contributed by atoms with E-state index in [4.69, 9.17) is 0 Å². The van der Waals surface area contributed by atoms with Crippen LogP contribution in [0.25, 0.3) is 5.69 Å². The van der Waals surface area contributed by atoms with Crippen molar-refractivity contribution in [2.75, 3.05) is 6.54 Å². The van der Waals surface area contributed by atoms with Crippen LogP contribution in [-0.2, 0) is 17.8 Å². The molecule has 1 fully saturated rings. The lowest BCUT2D eigenvalue weighted by Gasteiger charge is -2.24. The average molecular weight is 349 g/mol. The fraction of sp³-hybridized carbons (Fsp3) is 0.350. The van der Waals surface area contributed by atoms with E-state index in [0.717, 1.165) is 43.6 Å². The predicted octanol–water partition coefficient (Wildman–Crippen LogP) is 2.69. The summed E-state index contributed by atoms with van der Waals surface area (Å²) >= 11 is 0. The van der Waals surface area contributed by atoms with Crippen molar-refractivity contribution in [1.29, 1.82) is 0 Å². The van der Waals surface area contributed by atoms with Crippen molar-refractivity contribution in [3.8, 4) is 5.69 Å². The van der Waals surface area contributed by atoms with Crippen LogP contribution in [0.4, 0.5) is 0 Å². The number of nitrogens with zero attached hydrogens (tertiary/aromatic N) is 5. The quantitative estimate of drug-likeness (QED) is 0.687. The van der Waals surface area contributed by atoms with Crippen LogP contribution in [0, 0.1) is 0 Å². The maximum atomic E-state index is 12.7. The van der Waals surface area contributed by atoms with E-state index < -0.39 is 0 Å². The Bertz CT molecular complexity index is 840. The highest BCUT2D eigenvalue weighted by molar-refractivity contribution is 5.77. The summed E-state index contributed by atoms with van der Waals surface area (Å²) in [4.78, 5) is 14.7. The van der Waals surface area contributed by atoms with Gasteiger partial charge in [0.15, 0.2) is 0 Å². The zero-order valence-electron chi connectivity index (χ0n) is 14.7. The lowest BCUT2D eigenvalue weighted by atomic mass is 10.1. The van der Waals surface area contributed by atoms with E-state index in [-0.39, 0.29) is 11.9 Å². The molecule has 0 radical (unpaired) electrons. The molecule has 6 nitrogen and oxygen atoms in total. The van der Waals surface area contributed by atoms with Gasteiger partial charge in [-0.2, -0.15) is 10.2 Å². The van der Waals surface area contributed by atoms with E-state index in [1.54, 1.807) is 6.20 Å². The normalized spacial score (nSPS) is 16.9. The first-order chi connectivity index (χ1) is 12.8. The third-order valence-corrected chi connectivity index (χ3v) is 4.94. The Morgan fingerprint density at radius 1 is 1.15 bits per heavy atom. The summed E-state index contributed by atoms with van der Waals surface area (Å²) in [6, 6.07) is 12.2. The van der Waals surface area contributed by atoms with Gasteiger partial charge in [0.2, 0.25) is 5.91 Å². The van der Waals surface area contributed by atoms with Crippen molar-refractivity contribution in [2.24, 2.45) is 0 Å². The Balaban J connectivity index is 1.34. The summed E-state index contributed by atoms with van der Waals surface area (Å²) in [7, 11) is 0. The highest BCUT2D eigenvalue weighted by Crippen LogP contribution is 2.20. The summed E-state index contributed by atoms with van der Waals surface area (Å²) in [5, 5.41) is 8.67. The molecule has 1 aromatic carbocycles. The molecule has 0 bridgehead atoms. The maximum absolute atomic E-state index is 12.7. The number of likely N-dealkylation sites (tertiary alicyclic amines) is 1. The number of aromatic nitrogens is 4. The third kappa shape index (κ3) is 3.69. The molecule has 1 amide bonds. The highest BCUT2D eigenvalue weighted by Gasteiger charge is 2.28. The van der Waals surface area contributed by atoms with Gasteiger partial charge in [0, 0.05) is 31.6 Å². The summed E-state index contributed by atoms with van der Waals surface area (Å²) < 4.78 is 3.77. The van der Waals surface area contributed by atoms with E-state index in [1.807, 2.05) is 69.3 Å². The van der Waals surface area contributed by atoms with Gasteiger partial charge < -0.3 is 4.90 Å². The maximum Gasteiger partial charge on any atom is 0.223 e. The summed E-state index contributed by atoms with van der Waals surface area (Å²) in [6.07, 6.45) is 11.0. The van der Waals surface area contributed by atoms with Gasteiger partial charge in [-0.15, -0.1) is 0 Å². The number of para-hydroxylation sites is 1. The zero-order valence-corrected chi connectivity index (χ0v) is 14.7. The van der Waals surface area contributed by atoms with Gasteiger partial charge in [0.05, 0.1) is 24.5 Å². The SMILES string of the molecule is O=C(CCc1cnn(-c2ccccc2)c1)N1CCCC1Cn1cccn1. The Hall–Kier alpha value is -2.89. The Morgan fingerprint density at radius 3 is 2.85 bits per heavy atom. The molecule has 1 atom stereocenters. The zero-order chi connectivity index (χ0) is 17.8. The fourth-order valence-corrected chi connectivity index (χ4v) is 3.58. The van der Waals surface area contributed by atoms with Crippen molar-refractivity contribution in [1.82, 2.24) is 24.5 Å². The third-order valence-electron chi connectivity index (χ3n) is 4.94. The van der Waals surface area contributed by atoms with Crippen molar-refractivity contribution >= 4 is 5.91 Å². The molecule has 1 aliphatic rings. The first-order valence-electron chi connectivity index (χ1n) is 9.15. The minimum Gasteiger partial charge on any atom is -0.338 e. The predicted molar refractivity (Wildman–Crippen MR) is 98.8 cm³/mol. The summed E-state index contributed by atoms with van der Waals surface area (Å²) in [5.74, 6) is 0.229. The van der Waals surface area contributed by atoms with Gasteiger partial charge in [0.25, 0.3) is 0 Å². The van der Waals surface area contributed by atoms with Crippen molar-refractivity contribution in [2.45, 2.75) is 38.3 Å². The fourth-order valence-electron chi connectivity index (χ4n) is 3.58. The van der Waals surface area contributed by atoms with Crippen LogP contribution in [0.2, 0.25) is 0 Å². The number of hydrogen-bond donors (Lipinski definition) is 0. The van der Waals surface area contributed by atoms with Crippen LogP contribution in [0.1, 0.15) is 24.8 Å². The molecule has 1 saturated heterocycles. The number of carbonyl (C=O) groups excluding carboxylic acids is 1. The van der Waals surface area contributed by atoms with E-state index in [9.17, 15) is 4.79 Å². The minimum atomic E-state index is 0.229. The first kappa shape index (κ1) is 16.6. The minimum absolute atomic E-state index is 0.229. The Labute approximate surface area is 153 Å². The van der Waals surface area contributed by atoms with Crippen molar-refractivity contribution in [3.05, 3.63) is 66.7 Å². The molecule has 0 saturated carbocycles. The van der Waals surface area contributed by atoms with Crippen LogP contribution in [0.3, 0.4) is 0 Å². The number of amides is 1. The van der Waals surface area contributed by atoms with E-state index in [2.05, 4.69) is 10.2 Å². The van der Waals surface area contributed by atoms with E-state index in [1.165, 1.54) is 0 Å². The van der Waals surface area contributed by atoms with Crippen LogP contribution in [-0.4, -0.2) is 43.0 Å². The molecule has 1 unspecified atom stereocenters. The van der Waals surface area contributed by atoms with Gasteiger partial charge >= 0.3 is 0 Å². The molecule has 1 aliphatic heterocycles. The van der Waals surface area contributed by atoms with Crippen molar-refractivity contribution in [3.63, 3.8) is 0 Å². The molecule has 26 heavy (non-hydrogen) atoms. The summed E-state index contributed by atoms with van der Waals surface area (Å²) in [6.45, 7) is 1.64. The molecular formula is C20H23N5O. The first-order valence-corrected chi connectivity index (χ1v) is 9.15. The average Bonchev–Trinajstić information content (AvgIpc) is 3.43. The monoisotopic (exact) mass is 349 g/mol. The Kier molecular flexibility index (Phi) is 4.82. The molecule has 3 aromatic rings. The smallest absolute Gasteiger partial charge is 0.223 e. The topological polar surface area (TPSA) is 56.0 Å². The second-order valence-corrected chi connectivity index (χ2v) is 6.74. The summed E-state index contributed by atoms with van der Waals surface area (Å²) in [5.41, 5.74) is 2.12. The van der Waals surface area contributed by atoms with Crippen LogP contribution >= 0.6 is 0 Å². The van der Waals surface area contributed by atoms with E-state index >= 15 is 0 Å². The lowest BCUT2D eigenvalue weighted by Crippen LogP contribution is -2.38. The number of hydrogen-bond acceptors (Lipinski definition) is 3. The number of carbonyl (C=O) groups is 1. The van der Waals surface area contributed by atoms with Gasteiger partial charge in [0.1, 0.15) is 0 Å².